The lowest BCUT2D eigenvalue weighted by molar-refractivity contribution is 0.169. The van der Waals surface area contributed by atoms with Crippen molar-refractivity contribution >= 4 is 23.0 Å². The van der Waals surface area contributed by atoms with Crippen molar-refractivity contribution in [3.8, 4) is 11.5 Å². The molecule has 8 nitrogen and oxygen atoms in total. The van der Waals surface area contributed by atoms with Crippen molar-refractivity contribution in [2.45, 2.75) is 19.4 Å². The molecule has 29 heavy (non-hydrogen) atoms. The fraction of sp³-hybridized carbons (Fsp3) is 0.400. The summed E-state index contributed by atoms with van der Waals surface area (Å²) < 4.78 is 27.1. The van der Waals surface area contributed by atoms with Gasteiger partial charge < -0.3 is 30.5 Å². The molecule has 0 aliphatic carbocycles. The quantitative estimate of drug-likeness (QED) is 0.619. The second-order valence-corrected chi connectivity index (χ2v) is 6.98. The molecule has 1 aromatic heterocycles. The molecule has 0 radical (unpaired) electrons. The third kappa shape index (κ3) is 4.10. The van der Waals surface area contributed by atoms with Gasteiger partial charge in [0.2, 0.25) is 5.95 Å². The molecule has 0 saturated heterocycles. The largest absolute Gasteiger partial charge is 0.486 e. The van der Waals surface area contributed by atoms with E-state index < -0.39 is 11.9 Å². The van der Waals surface area contributed by atoms with E-state index in [2.05, 4.69) is 25.9 Å². The van der Waals surface area contributed by atoms with Crippen molar-refractivity contribution in [2.24, 2.45) is 0 Å². The zero-order chi connectivity index (χ0) is 20.4. The molecule has 1 unspecified atom stereocenters. The van der Waals surface area contributed by atoms with Crippen LogP contribution in [0, 0.1) is 12.7 Å². The second kappa shape index (κ2) is 8.22. The molecule has 2 aliphatic rings. The first kappa shape index (κ1) is 19.4. The summed E-state index contributed by atoms with van der Waals surface area (Å²) in [6.45, 7) is 3.54. The van der Waals surface area contributed by atoms with Crippen LogP contribution in [0.25, 0.3) is 5.57 Å². The van der Waals surface area contributed by atoms with E-state index in [1.54, 1.807) is 19.2 Å². The second-order valence-electron chi connectivity index (χ2n) is 6.98. The molecule has 2 aliphatic heterocycles. The number of fused-ring (bicyclic) bond motifs is 1. The van der Waals surface area contributed by atoms with Crippen LogP contribution in [0.5, 0.6) is 11.5 Å². The number of β-amino-alcohol motifs (C(OH)–C–C–N with tert-alkyl or cyclic N) is 1. The molecule has 0 saturated carbocycles. The number of nitrogens with one attached hydrogen (secondary N) is 3. The number of anilines is 3. The molecule has 9 heteroatoms. The lowest BCUT2D eigenvalue weighted by Gasteiger charge is -2.24. The first-order valence-corrected chi connectivity index (χ1v) is 9.56. The maximum Gasteiger partial charge on any atom is 0.229 e. The molecule has 3 heterocycles. The fourth-order valence-corrected chi connectivity index (χ4v) is 3.47. The Balaban J connectivity index is 1.79. The minimum Gasteiger partial charge on any atom is -0.486 e. The molecule has 0 bridgehead atoms. The number of aliphatic hydroxyl groups is 1. The number of ether oxygens (including phenoxy) is 2. The number of halogens is 1. The summed E-state index contributed by atoms with van der Waals surface area (Å²) in [7, 11) is 1.76. The zero-order valence-corrected chi connectivity index (χ0v) is 16.4. The van der Waals surface area contributed by atoms with E-state index in [1.807, 2.05) is 13.0 Å². The highest BCUT2D eigenvalue weighted by atomic mass is 19.1. The standard InChI is InChI=1S/C20H24FN5O3/c1-11-7-16(22-2)26-20(24-11)25-14-9-15-19(29-6-5-28-15)17(18(14)21)12-3-4-23-10-13(27)8-12/h3,7,9,13,23,27H,4-6,8,10H2,1-2H3,(H2,22,24,25,26). The number of rotatable bonds is 4. The van der Waals surface area contributed by atoms with Crippen LogP contribution in [0.1, 0.15) is 17.7 Å². The van der Waals surface area contributed by atoms with Crippen LogP contribution in [-0.2, 0) is 0 Å². The summed E-state index contributed by atoms with van der Waals surface area (Å²) in [6.07, 6.45) is 1.57. The van der Waals surface area contributed by atoms with Gasteiger partial charge in [-0.15, -0.1) is 0 Å². The number of benzene rings is 1. The van der Waals surface area contributed by atoms with Gasteiger partial charge in [-0.1, -0.05) is 6.08 Å². The number of aliphatic hydroxyl groups excluding tert-OH is 1. The van der Waals surface area contributed by atoms with Gasteiger partial charge in [0.05, 0.1) is 17.4 Å². The van der Waals surface area contributed by atoms with Crippen LogP contribution in [0.4, 0.5) is 21.8 Å². The molecule has 0 fully saturated rings. The Labute approximate surface area is 168 Å². The molecule has 4 N–H and O–H groups in total. The number of aryl methyl sites for hydroxylation is 1. The molecule has 0 amide bonds. The lowest BCUT2D eigenvalue weighted by Crippen LogP contribution is -2.24. The Morgan fingerprint density at radius 3 is 2.90 bits per heavy atom. The van der Waals surface area contributed by atoms with Gasteiger partial charge in [-0.2, -0.15) is 4.98 Å². The number of nitrogens with zero attached hydrogens (tertiary/aromatic N) is 2. The Morgan fingerprint density at radius 1 is 1.24 bits per heavy atom. The van der Waals surface area contributed by atoms with Crippen LogP contribution in [-0.4, -0.2) is 54.5 Å². The van der Waals surface area contributed by atoms with E-state index in [-0.39, 0.29) is 11.6 Å². The molecular formula is C20H24FN5O3. The maximum atomic E-state index is 15.7. The van der Waals surface area contributed by atoms with Gasteiger partial charge in [-0.25, -0.2) is 9.37 Å². The first-order valence-electron chi connectivity index (χ1n) is 9.56. The van der Waals surface area contributed by atoms with Gasteiger partial charge in [-0.3, -0.25) is 0 Å². The van der Waals surface area contributed by atoms with Crippen LogP contribution in [0.3, 0.4) is 0 Å². The monoisotopic (exact) mass is 401 g/mol. The van der Waals surface area contributed by atoms with Crippen molar-refractivity contribution in [3.63, 3.8) is 0 Å². The normalized spacial score (nSPS) is 18.6. The fourth-order valence-electron chi connectivity index (χ4n) is 3.47. The maximum absolute atomic E-state index is 15.7. The number of hydrogen-bond acceptors (Lipinski definition) is 8. The van der Waals surface area contributed by atoms with E-state index in [4.69, 9.17) is 9.47 Å². The third-order valence-electron chi connectivity index (χ3n) is 4.78. The average molecular weight is 401 g/mol. The van der Waals surface area contributed by atoms with Crippen LogP contribution >= 0.6 is 0 Å². The van der Waals surface area contributed by atoms with Gasteiger partial charge in [0.25, 0.3) is 0 Å². The van der Waals surface area contributed by atoms with E-state index >= 15 is 4.39 Å². The molecular weight excluding hydrogens is 377 g/mol. The SMILES string of the molecule is CNc1cc(C)nc(Nc2cc3c(c(C4=CCNCC(O)C4)c2F)OCCO3)n1. The van der Waals surface area contributed by atoms with Crippen LogP contribution in [0.2, 0.25) is 0 Å². The molecule has 1 aromatic carbocycles. The van der Waals surface area contributed by atoms with Gasteiger partial charge in [-0.05, 0) is 12.5 Å². The summed E-state index contributed by atoms with van der Waals surface area (Å²) in [5.74, 6) is 1.21. The van der Waals surface area contributed by atoms with Crippen molar-refractivity contribution in [1.82, 2.24) is 15.3 Å². The average Bonchev–Trinajstić information content (AvgIpc) is 2.92. The lowest BCUT2D eigenvalue weighted by atomic mass is 9.97. The number of aromatic nitrogens is 2. The Kier molecular flexibility index (Phi) is 5.50. The number of hydrogen-bond donors (Lipinski definition) is 4. The molecule has 0 spiro atoms. The molecule has 1 atom stereocenters. The summed E-state index contributed by atoms with van der Waals surface area (Å²) in [6, 6.07) is 3.35. The highest BCUT2D eigenvalue weighted by molar-refractivity contribution is 5.79. The summed E-state index contributed by atoms with van der Waals surface area (Å²) in [5, 5.41) is 19.2. The van der Waals surface area contributed by atoms with E-state index in [0.717, 1.165) is 5.69 Å². The smallest absolute Gasteiger partial charge is 0.229 e. The first-order chi connectivity index (χ1) is 14.0. The molecule has 154 valence electrons. The van der Waals surface area contributed by atoms with E-state index in [0.29, 0.717) is 61.2 Å². The van der Waals surface area contributed by atoms with Crippen LogP contribution in [0.15, 0.2) is 18.2 Å². The predicted octanol–water partition coefficient (Wildman–Crippen LogP) is 2.22. The van der Waals surface area contributed by atoms with Gasteiger partial charge in [0.15, 0.2) is 17.3 Å². The molecule has 4 rings (SSSR count). The topological polar surface area (TPSA) is 101 Å². The Hall–Kier alpha value is -2.91. The molecule has 2 aromatic rings. The van der Waals surface area contributed by atoms with Crippen molar-refractivity contribution in [2.75, 3.05) is 44.0 Å². The summed E-state index contributed by atoms with van der Waals surface area (Å²) in [5.41, 5.74) is 1.90. The summed E-state index contributed by atoms with van der Waals surface area (Å²) >= 11 is 0. The van der Waals surface area contributed by atoms with E-state index in [9.17, 15) is 5.11 Å². The van der Waals surface area contributed by atoms with Gasteiger partial charge in [0.1, 0.15) is 19.0 Å². The highest BCUT2D eigenvalue weighted by Gasteiger charge is 2.27. The highest BCUT2D eigenvalue weighted by Crippen LogP contribution is 2.44. The van der Waals surface area contributed by atoms with Crippen molar-refractivity contribution in [1.29, 1.82) is 0 Å². The summed E-state index contributed by atoms with van der Waals surface area (Å²) in [4.78, 5) is 8.67. The van der Waals surface area contributed by atoms with E-state index in [1.165, 1.54) is 0 Å². The Bertz CT molecular complexity index is 950. The van der Waals surface area contributed by atoms with Gasteiger partial charge in [0, 0.05) is 44.4 Å². The van der Waals surface area contributed by atoms with Gasteiger partial charge >= 0.3 is 0 Å². The van der Waals surface area contributed by atoms with Crippen molar-refractivity contribution in [3.05, 3.63) is 35.3 Å². The zero-order valence-electron chi connectivity index (χ0n) is 16.4. The third-order valence-corrected chi connectivity index (χ3v) is 4.78. The predicted molar refractivity (Wildman–Crippen MR) is 108 cm³/mol. The minimum atomic E-state index is -0.613. The minimum absolute atomic E-state index is 0.185. The van der Waals surface area contributed by atoms with Crippen molar-refractivity contribution < 1.29 is 19.0 Å². The Morgan fingerprint density at radius 2 is 2.07 bits per heavy atom. The van der Waals surface area contributed by atoms with Crippen LogP contribution < -0.4 is 25.4 Å².